The van der Waals surface area contributed by atoms with E-state index >= 15 is 0 Å². The first kappa shape index (κ1) is 15.3. The highest BCUT2D eigenvalue weighted by atomic mass is 16.5. The van der Waals surface area contributed by atoms with E-state index in [4.69, 9.17) is 13.7 Å². The number of nitrogens with one attached hydrogen (secondary N) is 1. The molecule has 21 heavy (non-hydrogen) atoms. The fraction of sp³-hybridized carbons (Fsp3) is 0.467. The van der Waals surface area contributed by atoms with Crippen LogP contribution >= 0.6 is 0 Å². The third-order valence-corrected chi connectivity index (χ3v) is 2.82. The van der Waals surface area contributed by atoms with Crippen LogP contribution in [0.1, 0.15) is 48.3 Å². The molecule has 0 aliphatic carbocycles. The van der Waals surface area contributed by atoms with E-state index in [0.29, 0.717) is 12.3 Å². The van der Waals surface area contributed by atoms with Gasteiger partial charge < -0.3 is 19.0 Å². The summed E-state index contributed by atoms with van der Waals surface area (Å²) in [6, 6.07) is 3.43. The third-order valence-electron chi connectivity index (χ3n) is 2.82. The van der Waals surface area contributed by atoms with Gasteiger partial charge in [0.25, 0.3) is 5.91 Å². The van der Waals surface area contributed by atoms with Crippen molar-refractivity contribution in [1.82, 2.24) is 10.5 Å². The summed E-state index contributed by atoms with van der Waals surface area (Å²) in [6.07, 6.45) is 1.59. The highest BCUT2D eigenvalue weighted by Crippen LogP contribution is 2.13. The topological polar surface area (TPSA) is 77.5 Å². The van der Waals surface area contributed by atoms with Gasteiger partial charge in [-0.15, -0.1) is 0 Å². The minimum Gasteiger partial charge on any atom is -0.467 e. The van der Waals surface area contributed by atoms with Crippen LogP contribution in [0.4, 0.5) is 0 Å². The smallest absolute Gasteiger partial charge is 0.273 e. The normalized spacial score (nSPS) is 11.6. The van der Waals surface area contributed by atoms with E-state index in [0.717, 1.165) is 11.3 Å². The second-order valence-corrected chi connectivity index (χ2v) is 5.79. The molecule has 0 radical (unpaired) electrons. The molecular weight excluding hydrogens is 272 g/mol. The van der Waals surface area contributed by atoms with Gasteiger partial charge in [-0.1, -0.05) is 5.16 Å². The van der Waals surface area contributed by atoms with Crippen LogP contribution in [0.3, 0.4) is 0 Å². The number of nitrogens with zero attached hydrogens (tertiary/aromatic N) is 1. The molecule has 0 fully saturated rings. The zero-order chi connectivity index (χ0) is 15.5. The molecule has 0 saturated carbocycles. The predicted octanol–water partition coefficient (Wildman–Crippen LogP) is 2.82. The van der Waals surface area contributed by atoms with Gasteiger partial charge in [-0.05, 0) is 39.3 Å². The minimum atomic E-state index is -0.309. The van der Waals surface area contributed by atoms with E-state index in [1.54, 1.807) is 12.3 Å². The van der Waals surface area contributed by atoms with Crippen molar-refractivity contribution in [2.75, 3.05) is 0 Å². The van der Waals surface area contributed by atoms with Crippen molar-refractivity contribution >= 4 is 5.91 Å². The van der Waals surface area contributed by atoms with Crippen molar-refractivity contribution in [2.24, 2.45) is 0 Å². The van der Waals surface area contributed by atoms with Crippen molar-refractivity contribution in [1.29, 1.82) is 0 Å². The fourth-order valence-corrected chi connectivity index (χ4v) is 1.61. The summed E-state index contributed by atoms with van der Waals surface area (Å²) < 4.78 is 15.9. The molecule has 0 atom stereocenters. The second kappa shape index (κ2) is 6.13. The average Bonchev–Trinajstić information content (AvgIpc) is 3.02. The van der Waals surface area contributed by atoms with Gasteiger partial charge in [-0.2, -0.15) is 0 Å². The lowest BCUT2D eigenvalue weighted by molar-refractivity contribution is -0.0241. The van der Waals surface area contributed by atoms with Gasteiger partial charge >= 0.3 is 0 Å². The number of ether oxygens (including phenoxy) is 1. The van der Waals surface area contributed by atoms with Crippen LogP contribution < -0.4 is 5.32 Å². The number of hydrogen-bond donors (Lipinski definition) is 1. The highest BCUT2D eigenvalue weighted by Gasteiger charge is 2.16. The molecule has 1 N–H and O–H groups in total. The zero-order valence-corrected chi connectivity index (χ0v) is 12.7. The Morgan fingerprint density at radius 1 is 1.43 bits per heavy atom. The molecule has 114 valence electrons. The number of furan rings is 1. The first-order chi connectivity index (χ1) is 9.85. The van der Waals surface area contributed by atoms with E-state index in [-0.39, 0.29) is 23.8 Å². The largest absolute Gasteiger partial charge is 0.467 e. The molecule has 0 spiro atoms. The molecule has 0 aliphatic rings. The van der Waals surface area contributed by atoms with Gasteiger partial charge in [0.2, 0.25) is 0 Å². The number of carbonyl (C=O) groups excluding carboxylic acids is 1. The Morgan fingerprint density at radius 2 is 2.19 bits per heavy atom. The van der Waals surface area contributed by atoms with Crippen molar-refractivity contribution in [3.8, 4) is 0 Å². The number of hydrogen-bond acceptors (Lipinski definition) is 5. The van der Waals surface area contributed by atoms with Crippen molar-refractivity contribution < 1.29 is 18.5 Å². The first-order valence-electron chi connectivity index (χ1n) is 6.76. The zero-order valence-electron chi connectivity index (χ0n) is 12.7. The number of carbonyl (C=O) groups is 1. The molecule has 6 heteroatoms. The molecule has 2 aromatic rings. The lowest BCUT2D eigenvalue weighted by Crippen LogP contribution is -2.23. The second-order valence-electron chi connectivity index (χ2n) is 5.79. The lowest BCUT2D eigenvalue weighted by atomic mass is 10.2. The van der Waals surface area contributed by atoms with Gasteiger partial charge in [-0.25, -0.2) is 0 Å². The van der Waals surface area contributed by atoms with Gasteiger partial charge in [0.15, 0.2) is 11.5 Å². The molecular formula is C15H20N2O4. The van der Waals surface area contributed by atoms with Crippen LogP contribution in [0.5, 0.6) is 0 Å². The number of aryl methyl sites for hydroxylation is 1. The van der Waals surface area contributed by atoms with E-state index in [9.17, 15) is 4.79 Å². The molecule has 6 nitrogen and oxygen atoms in total. The Labute approximate surface area is 123 Å². The van der Waals surface area contributed by atoms with Gasteiger partial charge in [0.1, 0.15) is 12.4 Å². The molecule has 0 aromatic carbocycles. The van der Waals surface area contributed by atoms with E-state index in [1.165, 1.54) is 0 Å². The summed E-state index contributed by atoms with van der Waals surface area (Å²) >= 11 is 0. The summed E-state index contributed by atoms with van der Waals surface area (Å²) in [4.78, 5) is 11.9. The average molecular weight is 292 g/mol. The quantitative estimate of drug-likeness (QED) is 0.916. The molecule has 0 aliphatic heterocycles. The lowest BCUT2D eigenvalue weighted by Gasteiger charge is -2.17. The standard InChI is InChI=1S/C15H20N2O4/c1-10-5-6-19-13(10)8-16-14(18)12-7-11(21-17-12)9-20-15(2,3)4/h5-7H,8-9H2,1-4H3,(H,16,18). The summed E-state index contributed by atoms with van der Waals surface area (Å²) in [5.41, 5.74) is 0.952. The van der Waals surface area contributed by atoms with Gasteiger partial charge in [-0.3, -0.25) is 4.79 Å². The summed E-state index contributed by atoms with van der Waals surface area (Å²) in [7, 11) is 0. The molecule has 0 unspecified atom stereocenters. The predicted molar refractivity (Wildman–Crippen MR) is 75.7 cm³/mol. The summed E-state index contributed by atoms with van der Waals surface area (Å²) in [6.45, 7) is 8.36. The molecule has 2 heterocycles. The highest BCUT2D eigenvalue weighted by molar-refractivity contribution is 5.92. The van der Waals surface area contributed by atoms with Crippen LogP contribution in [0.15, 0.2) is 27.3 Å². The Morgan fingerprint density at radius 3 is 2.81 bits per heavy atom. The van der Waals surface area contributed by atoms with Crippen LogP contribution in [0, 0.1) is 6.92 Å². The SMILES string of the molecule is Cc1ccoc1CNC(=O)c1cc(COC(C)(C)C)on1. The summed E-state index contributed by atoms with van der Waals surface area (Å²) in [5, 5.41) is 6.47. The molecule has 2 rings (SSSR count). The number of rotatable bonds is 5. The Kier molecular flexibility index (Phi) is 4.47. The Balaban J connectivity index is 1.88. The number of amides is 1. The van der Waals surface area contributed by atoms with E-state index < -0.39 is 0 Å². The molecule has 1 amide bonds. The van der Waals surface area contributed by atoms with E-state index in [1.807, 2.05) is 33.8 Å². The van der Waals surface area contributed by atoms with Crippen molar-refractivity contribution in [3.05, 3.63) is 41.2 Å². The molecule has 2 aromatic heterocycles. The maximum atomic E-state index is 11.9. The third kappa shape index (κ3) is 4.46. The first-order valence-corrected chi connectivity index (χ1v) is 6.76. The van der Waals surface area contributed by atoms with Crippen LogP contribution in [0.2, 0.25) is 0 Å². The Hall–Kier alpha value is -2.08. The number of aromatic nitrogens is 1. The molecule has 0 saturated heterocycles. The van der Waals surface area contributed by atoms with Gasteiger partial charge in [0, 0.05) is 6.07 Å². The molecule has 0 bridgehead atoms. The minimum absolute atomic E-state index is 0.228. The van der Waals surface area contributed by atoms with Crippen molar-refractivity contribution in [2.45, 2.75) is 46.4 Å². The maximum absolute atomic E-state index is 11.9. The monoisotopic (exact) mass is 292 g/mol. The van der Waals surface area contributed by atoms with Gasteiger partial charge in [0.05, 0.1) is 18.4 Å². The van der Waals surface area contributed by atoms with Crippen LogP contribution in [0.25, 0.3) is 0 Å². The summed E-state index contributed by atoms with van der Waals surface area (Å²) in [5.74, 6) is 0.934. The Bertz CT molecular complexity index is 607. The van der Waals surface area contributed by atoms with Crippen molar-refractivity contribution in [3.63, 3.8) is 0 Å². The fourth-order valence-electron chi connectivity index (χ4n) is 1.61. The van der Waals surface area contributed by atoms with Crippen LogP contribution in [-0.2, 0) is 17.9 Å². The van der Waals surface area contributed by atoms with Crippen LogP contribution in [-0.4, -0.2) is 16.7 Å². The maximum Gasteiger partial charge on any atom is 0.273 e. The van der Waals surface area contributed by atoms with E-state index in [2.05, 4.69) is 10.5 Å².